The molecule has 2 aliphatic heterocycles. The Kier molecular flexibility index (Phi) is 9.80. The van der Waals surface area contributed by atoms with Gasteiger partial charge in [0.15, 0.2) is 5.82 Å². The van der Waals surface area contributed by atoms with Crippen molar-refractivity contribution in [2.75, 3.05) is 24.5 Å². The van der Waals surface area contributed by atoms with Crippen LogP contribution >= 0.6 is 0 Å². The zero-order chi connectivity index (χ0) is 31.6. The normalized spacial score (nSPS) is 20.6. The molecule has 1 aromatic carbocycles. The summed E-state index contributed by atoms with van der Waals surface area (Å²) in [5.74, 6) is -2.88. The molecule has 240 valence electrons. The lowest BCUT2D eigenvalue weighted by Crippen LogP contribution is -2.48. The van der Waals surface area contributed by atoms with E-state index in [2.05, 4.69) is 32.9 Å². The zero-order valence-electron chi connectivity index (χ0n) is 26.4. The fourth-order valence-corrected chi connectivity index (χ4v) is 7.01. The maximum atomic E-state index is 16.2. The van der Waals surface area contributed by atoms with E-state index in [0.29, 0.717) is 26.1 Å². The molecule has 1 aromatic heterocycles. The number of nitrogens with zero attached hydrogens (tertiary/aromatic N) is 3. The Labute approximate surface area is 258 Å². The summed E-state index contributed by atoms with van der Waals surface area (Å²) in [6, 6.07) is 0.773. The molecule has 3 aliphatic rings. The van der Waals surface area contributed by atoms with Crippen LogP contribution in [0, 0.1) is 23.0 Å². The first-order chi connectivity index (χ1) is 21.0. The predicted molar refractivity (Wildman–Crippen MR) is 169 cm³/mol. The van der Waals surface area contributed by atoms with Crippen molar-refractivity contribution in [3.63, 3.8) is 0 Å². The van der Waals surface area contributed by atoms with Gasteiger partial charge in [-0.25, -0.2) is 13.6 Å². The van der Waals surface area contributed by atoms with Gasteiger partial charge >= 0.3 is 5.97 Å². The van der Waals surface area contributed by atoms with E-state index in [0.717, 1.165) is 57.4 Å². The second kappa shape index (κ2) is 13.4. The van der Waals surface area contributed by atoms with Crippen molar-refractivity contribution in [3.8, 4) is 0 Å². The third-order valence-corrected chi connectivity index (χ3v) is 9.40. The minimum Gasteiger partial charge on any atom is -0.477 e. The molecule has 5 rings (SSSR count). The number of piperidine rings is 1. The second-order valence-corrected chi connectivity index (χ2v) is 14.1. The molecule has 0 radical (unpaired) electrons. The van der Waals surface area contributed by atoms with E-state index in [1.165, 1.54) is 30.0 Å². The number of rotatable bonds is 12. The van der Waals surface area contributed by atoms with Crippen LogP contribution in [-0.2, 0) is 4.79 Å². The van der Waals surface area contributed by atoms with Crippen molar-refractivity contribution in [1.29, 1.82) is 0 Å². The van der Waals surface area contributed by atoms with Gasteiger partial charge in [0.25, 0.3) is 0 Å². The third-order valence-electron chi connectivity index (χ3n) is 9.40. The van der Waals surface area contributed by atoms with Gasteiger partial charge in [-0.3, -0.25) is 9.59 Å². The van der Waals surface area contributed by atoms with Crippen LogP contribution in [0.3, 0.4) is 0 Å². The van der Waals surface area contributed by atoms with Crippen LogP contribution in [0.15, 0.2) is 29.2 Å². The van der Waals surface area contributed by atoms with E-state index in [9.17, 15) is 19.5 Å². The summed E-state index contributed by atoms with van der Waals surface area (Å²) in [6.45, 7) is 8.04. The number of carboxylic acids is 1. The van der Waals surface area contributed by atoms with Crippen molar-refractivity contribution < 1.29 is 23.5 Å². The van der Waals surface area contributed by atoms with E-state index >= 15 is 8.78 Å². The van der Waals surface area contributed by atoms with Crippen molar-refractivity contribution in [3.05, 3.63) is 51.8 Å². The fraction of sp³-hybridized carbons (Fsp3) is 0.629. The Bertz CT molecular complexity index is 1470. The minimum absolute atomic E-state index is 0.0388. The number of benzene rings is 1. The second-order valence-electron chi connectivity index (χ2n) is 14.1. The monoisotopic (exact) mass is 611 g/mol. The maximum absolute atomic E-state index is 16.2. The molecule has 1 amide bonds. The van der Waals surface area contributed by atoms with E-state index in [4.69, 9.17) is 0 Å². The number of unbranched alkanes of at least 4 members (excludes halogenated alkanes) is 6. The van der Waals surface area contributed by atoms with Crippen molar-refractivity contribution in [1.82, 2.24) is 9.47 Å². The van der Waals surface area contributed by atoms with Gasteiger partial charge in [0.1, 0.15) is 17.1 Å². The molecule has 0 spiro atoms. The Balaban J connectivity index is 1.20. The smallest absolute Gasteiger partial charge is 0.341 e. The Hall–Kier alpha value is -3.23. The van der Waals surface area contributed by atoms with Crippen LogP contribution in [0.2, 0.25) is 0 Å². The number of fused-ring (bicyclic) bond motifs is 2. The topological polar surface area (TPSA) is 82.8 Å². The van der Waals surface area contributed by atoms with Gasteiger partial charge in [0.2, 0.25) is 11.3 Å². The van der Waals surface area contributed by atoms with Crippen LogP contribution in [0.5, 0.6) is 0 Å². The highest BCUT2D eigenvalue weighted by Gasteiger charge is 2.42. The highest BCUT2D eigenvalue weighted by Crippen LogP contribution is 2.41. The number of carbonyl (C=O) groups excluding carboxylic acids is 1. The van der Waals surface area contributed by atoms with Crippen LogP contribution in [0.25, 0.3) is 10.9 Å². The highest BCUT2D eigenvalue weighted by molar-refractivity contribution is 5.94. The molecule has 2 aromatic rings. The predicted octanol–water partition coefficient (Wildman–Crippen LogP) is 7.46. The van der Waals surface area contributed by atoms with E-state index < -0.39 is 28.6 Å². The van der Waals surface area contributed by atoms with Crippen LogP contribution in [0.1, 0.15) is 114 Å². The zero-order valence-corrected chi connectivity index (χ0v) is 26.4. The molecule has 3 fully saturated rings. The van der Waals surface area contributed by atoms with Gasteiger partial charge in [-0.05, 0) is 62.3 Å². The number of hydrogen-bond acceptors (Lipinski definition) is 4. The number of pyridine rings is 1. The van der Waals surface area contributed by atoms with Gasteiger partial charge in [-0.2, -0.15) is 0 Å². The lowest BCUT2D eigenvalue weighted by Gasteiger charge is -2.37. The molecule has 1 saturated carbocycles. The van der Waals surface area contributed by atoms with Crippen LogP contribution in [-0.4, -0.2) is 52.1 Å². The summed E-state index contributed by atoms with van der Waals surface area (Å²) in [4.78, 5) is 41.5. The largest absolute Gasteiger partial charge is 0.477 e. The molecular formula is C35H47F2N3O4. The molecule has 1 N–H and O–H groups in total. The van der Waals surface area contributed by atoms with Crippen molar-refractivity contribution >= 4 is 28.5 Å². The number of hydrogen-bond donors (Lipinski definition) is 1. The van der Waals surface area contributed by atoms with E-state index in [1.54, 1.807) is 4.90 Å². The van der Waals surface area contributed by atoms with Gasteiger partial charge in [0.05, 0.1) is 16.9 Å². The molecule has 2 atom stereocenters. The summed E-state index contributed by atoms with van der Waals surface area (Å²) in [5.41, 5.74) is -1.36. The average molecular weight is 612 g/mol. The van der Waals surface area contributed by atoms with Crippen LogP contribution < -0.4 is 10.3 Å². The summed E-state index contributed by atoms with van der Waals surface area (Å²) in [7, 11) is 0. The van der Waals surface area contributed by atoms with Crippen molar-refractivity contribution in [2.45, 2.75) is 110 Å². The summed E-state index contributed by atoms with van der Waals surface area (Å²) < 4.78 is 33.3. The SMILES string of the molecule is CC(C)(C)/C=C/CCCCCCCCC(=O)N1CCCC2CN(c3c(F)cc4c(=O)c(C(=O)O)cn(C5CC5)c4c3F)CC21. The molecule has 1 aliphatic carbocycles. The van der Waals surface area contributed by atoms with Gasteiger partial charge in [-0.15, -0.1) is 0 Å². The number of anilines is 1. The fourth-order valence-electron chi connectivity index (χ4n) is 7.01. The Morgan fingerprint density at radius 2 is 1.73 bits per heavy atom. The maximum Gasteiger partial charge on any atom is 0.341 e. The lowest BCUT2D eigenvalue weighted by atomic mass is 9.91. The first kappa shape index (κ1) is 32.2. The minimum atomic E-state index is -1.41. The average Bonchev–Trinajstić information content (AvgIpc) is 3.71. The Morgan fingerprint density at radius 3 is 2.41 bits per heavy atom. The number of aromatic carboxylic acids is 1. The molecule has 9 heteroatoms. The molecule has 2 saturated heterocycles. The van der Waals surface area contributed by atoms with Crippen molar-refractivity contribution in [2.24, 2.45) is 11.3 Å². The summed E-state index contributed by atoms with van der Waals surface area (Å²) >= 11 is 0. The molecule has 0 bridgehead atoms. The number of carbonyl (C=O) groups is 2. The summed E-state index contributed by atoms with van der Waals surface area (Å²) in [6.07, 6.45) is 17.2. The molecule has 3 heterocycles. The lowest BCUT2D eigenvalue weighted by molar-refractivity contribution is -0.135. The molecule has 44 heavy (non-hydrogen) atoms. The number of likely N-dealkylation sites (tertiary alicyclic amines) is 1. The highest BCUT2D eigenvalue weighted by atomic mass is 19.1. The number of aromatic nitrogens is 1. The molecule has 7 nitrogen and oxygen atoms in total. The summed E-state index contributed by atoms with van der Waals surface area (Å²) in [5, 5.41) is 9.26. The van der Waals surface area contributed by atoms with Gasteiger partial charge < -0.3 is 19.5 Å². The number of halogens is 2. The van der Waals surface area contributed by atoms with E-state index in [-0.39, 0.29) is 45.9 Å². The number of carboxylic acid groups (broad SMARTS) is 1. The quantitative estimate of drug-likeness (QED) is 0.199. The first-order valence-electron chi connectivity index (χ1n) is 16.5. The van der Waals surface area contributed by atoms with Crippen LogP contribution in [0.4, 0.5) is 14.5 Å². The van der Waals surface area contributed by atoms with Gasteiger partial charge in [0, 0.05) is 38.3 Å². The Morgan fingerprint density at radius 1 is 1.02 bits per heavy atom. The van der Waals surface area contributed by atoms with Gasteiger partial charge in [-0.1, -0.05) is 58.6 Å². The molecular weight excluding hydrogens is 564 g/mol. The third kappa shape index (κ3) is 7.18. The molecule has 2 unspecified atom stereocenters. The first-order valence-corrected chi connectivity index (χ1v) is 16.5. The van der Waals surface area contributed by atoms with E-state index in [1.807, 2.05) is 4.90 Å². The number of allylic oxidation sites excluding steroid dienone is 2. The number of amides is 1. The standard InChI is InChI=1S/C35H47F2N3O4/c1-35(2,3)17-11-9-7-5-4-6-8-10-14-29(41)39-18-12-13-23-20-38(22-28(23)39)32-27(36)19-25-31(30(32)37)40(24-15-16-24)21-26(33(25)42)34(43)44/h11,17,19,21,23-24,28H,4-10,12-16,18,20,22H2,1-3H3,(H,43,44)/b17-11+.